The zero-order valence-corrected chi connectivity index (χ0v) is 29.8. The van der Waals surface area contributed by atoms with Gasteiger partial charge in [0.1, 0.15) is 12.1 Å². The number of carbonyl (C=O) groups excluding carboxylic acids is 2. The van der Waals surface area contributed by atoms with Crippen LogP contribution in [-0.2, 0) is 55.8 Å². The standard InChI is InChI=1S/C38H36N6O6S2/c45-35-33(43(51(47,48)31-17-3-1-4-18-31)37-39-23-27-13-7-9-15-29(27)25-41(35)37)21-11-12-22-34-36(46)42-26-30-16-10-8-14-28(30)24-40-38(42)44(34)52(49,50)32-19-5-2-6-20-32/h1-10,13-20,33-34H,11-12,21-26H2. The molecule has 2 atom stereocenters. The molecule has 8 rings (SSSR count). The van der Waals surface area contributed by atoms with Crippen molar-refractivity contribution in [2.24, 2.45) is 9.98 Å². The number of aliphatic imine (C=N–C) groups is 2. The molecule has 0 N–H and O–H groups in total. The van der Waals surface area contributed by atoms with Gasteiger partial charge in [-0.2, -0.15) is 0 Å². The van der Waals surface area contributed by atoms with E-state index in [1.54, 1.807) is 36.4 Å². The second-order valence-electron chi connectivity index (χ2n) is 13.2. The number of hydrogen-bond acceptors (Lipinski definition) is 8. The van der Waals surface area contributed by atoms with Gasteiger partial charge in [0.05, 0.1) is 36.0 Å². The SMILES string of the molecule is O=C1C(CCCCC2C(=O)N3Cc4ccccc4CN=C3N2S(=O)(=O)c2ccccc2)N(S(=O)(=O)c2ccccc2)C2=NCc3ccccc3CN12. The fraction of sp³-hybridized carbons (Fsp3) is 0.263. The van der Waals surface area contributed by atoms with Gasteiger partial charge in [-0.15, -0.1) is 0 Å². The number of amides is 2. The molecule has 2 fully saturated rings. The lowest BCUT2D eigenvalue weighted by molar-refractivity contribution is -0.129. The van der Waals surface area contributed by atoms with Gasteiger partial charge in [0.2, 0.25) is 11.9 Å². The van der Waals surface area contributed by atoms with Crippen LogP contribution in [0.25, 0.3) is 0 Å². The third-order valence-corrected chi connectivity index (χ3v) is 13.6. The number of benzene rings is 4. The summed E-state index contributed by atoms with van der Waals surface area (Å²) in [7, 11) is -8.36. The van der Waals surface area contributed by atoms with Crippen LogP contribution in [-0.4, -0.2) is 71.1 Å². The maximum Gasteiger partial charge on any atom is 0.267 e. The van der Waals surface area contributed by atoms with E-state index in [0.29, 0.717) is 12.8 Å². The number of sulfonamides is 2. The maximum atomic E-state index is 14.2. The second kappa shape index (κ2) is 13.3. The number of rotatable bonds is 9. The van der Waals surface area contributed by atoms with Crippen molar-refractivity contribution >= 4 is 43.8 Å². The van der Waals surface area contributed by atoms with Crippen LogP contribution in [0.1, 0.15) is 47.9 Å². The molecular formula is C38H36N6O6S2. The molecule has 4 aromatic rings. The third kappa shape index (κ3) is 5.75. The van der Waals surface area contributed by atoms with E-state index in [-0.39, 0.29) is 72.5 Å². The monoisotopic (exact) mass is 736 g/mol. The van der Waals surface area contributed by atoms with E-state index in [9.17, 15) is 26.4 Å². The predicted molar refractivity (Wildman–Crippen MR) is 193 cm³/mol. The summed E-state index contributed by atoms with van der Waals surface area (Å²) in [4.78, 5) is 40.5. The number of fused-ring (bicyclic) bond motifs is 4. The average Bonchev–Trinajstić information content (AvgIpc) is 3.38. The Bertz CT molecular complexity index is 2170. The van der Waals surface area contributed by atoms with Crippen LogP contribution in [0.3, 0.4) is 0 Å². The predicted octanol–water partition coefficient (Wildman–Crippen LogP) is 4.49. The van der Waals surface area contributed by atoms with E-state index in [1.807, 2.05) is 48.5 Å². The zero-order chi connectivity index (χ0) is 36.0. The molecule has 0 radical (unpaired) electrons. The zero-order valence-electron chi connectivity index (χ0n) is 28.2. The fourth-order valence-electron chi connectivity index (χ4n) is 7.38. The summed E-state index contributed by atoms with van der Waals surface area (Å²) < 4.78 is 59.1. The second-order valence-corrected chi connectivity index (χ2v) is 16.8. The minimum atomic E-state index is -4.18. The van der Waals surface area contributed by atoms with Crippen molar-refractivity contribution in [1.29, 1.82) is 0 Å². The Morgan fingerprint density at radius 3 is 1.23 bits per heavy atom. The van der Waals surface area contributed by atoms with E-state index in [2.05, 4.69) is 9.98 Å². The number of hydrogen-bond donors (Lipinski definition) is 0. The molecule has 4 aromatic carbocycles. The summed E-state index contributed by atoms with van der Waals surface area (Å²) >= 11 is 0. The molecule has 2 saturated heterocycles. The first-order valence-electron chi connectivity index (χ1n) is 17.2. The topological polar surface area (TPSA) is 140 Å². The van der Waals surface area contributed by atoms with E-state index in [1.165, 1.54) is 34.1 Å². The summed E-state index contributed by atoms with van der Waals surface area (Å²) in [6.45, 7) is 0.830. The number of carbonyl (C=O) groups is 2. The van der Waals surface area contributed by atoms with Crippen LogP contribution >= 0.6 is 0 Å². The minimum absolute atomic E-state index is 0.0485. The highest BCUT2D eigenvalue weighted by molar-refractivity contribution is 7.90. The van der Waals surface area contributed by atoms with Crippen molar-refractivity contribution in [2.45, 2.75) is 73.7 Å². The Morgan fingerprint density at radius 1 is 0.500 bits per heavy atom. The highest BCUT2D eigenvalue weighted by Crippen LogP contribution is 2.35. The summed E-state index contributed by atoms with van der Waals surface area (Å²) in [6, 6.07) is 29.1. The van der Waals surface area contributed by atoms with Crippen LogP contribution in [0.4, 0.5) is 0 Å². The van der Waals surface area contributed by atoms with Crippen LogP contribution in [0.15, 0.2) is 129 Å². The Labute approximate surface area is 302 Å². The molecule has 4 heterocycles. The lowest BCUT2D eigenvalue weighted by Gasteiger charge is -2.25. The smallest absolute Gasteiger partial charge is 0.267 e. The van der Waals surface area contributed by atoms with Crippen LogP contribution < -0.4 is 0 Å². The van der Waals surface area contributed by atoms with Gasteiger partial charge in [0.25, 0.3) is 31.9 Å². The molecule has 0 aromatic heterocycles. The van der Waals surface area contributed by atoms with Gasteiger partial charge < -0.3 is 0 Å². The lowest BCUT2D eigenvalue weighted by Crippen LogP contribution is -2.41. The lowest BCUT2D eigenvalue weighted by atomic mass is 10.0. The van der Waals surface area contributed by atoms with Crippen LogP contribution in [0.5, 0.6) is 0 Å². The molecule has 0 bridgehead atoms. The molecule has 0 saturated carbocycles. The van der Waals surface area contributed by atoms with Crippen molar-refractivity contribution < 1.29 is 26.4 Å². The summed E-state index contributed by atoms with van der Waals surface area (Å²) in [5.41, 5.74) is 3.62. The van der Waals surface area contributed by atoms with E-state index < -0.39 is 32.1 Å². The van der Waals surface area contributed by atoms with Gasteiger partial charge in [0.15, 0.2) is 0 Å². The number of nitrogens with zero attached hydrogens (tertiary/aromatic N) is 6. The molecule has 0 spiro atoms. The molecule has 14 heteroatoms. The Kier molecular flexibility index (Phi) is 8.66. The van der Waals surface area contributed by atoms with Crippen LogP contribution in [0.2, 0.25) is 0 Å². The van der Waals surface area contributed by atoms with Crippen molar-refractivity contribution in [1.82, 2.24) is 18.4 Å². The normalized spacial score (nSPS) is 20.0. The Balaban J connectivity index is 1.07. The number of guanidine groups is 2. The van der Waals surface area contributed by atoms with E-state index >= 15 is 0 Å². The summed E-state index contributed by atoms with van der Waals surface area (Å²) in [5.74, 6) is -0.567. The highest BCUT2D eigenvalue weighted by Gasteiger charge is 2.52. The molecule has 52 heavy (non-hydrogen) atoms. The quantitative estimate of drug-likeness (QED) is 0.232. The largest absolute Gasteiger partial charge is 0.276 e. The summed E-state index contributed by atoms with van der Waals surface area (Å²) in [5, 5.41) is 0. The molecule has 12 nitrogen and oxygen atoms in total. The molecule has 4 aliphatic rings. The first-order chi connectivity index (χ1) is 25.2. The molecule has 2 amide bonds. The van der Waals surface area contributed by atoms with Gasteiger partial charge in [-0.1, -0.05) is 97.8 Å². The molecule has 266 valence electrons. The van der Waals surface area contributed by atoms with Crippen molar-refractivity contribution in [3.05, 3.63) is 131 Å². The maximum absolute atomic E-state index is 14.2. The minimum Gasteiger partial charge on any atom is -0.276 e. The first kappa shape index (κ1) is 33.8. The molecule has 4 aliphatic heterocycles. The van der Waals surface area contributed by atoms with Gasteiger partial charge >= 0.3 is 0 Å². The first-order valence-corrected chi connectivity index (χ1v) is 20.1. The molecule has 0 aliphatic carbocycles. The Morgan fingerprint density at radius 2 is 0.846 bits per heavy atom. The highest BCUT2D eigenvalue weighted by atomic mass is 32.2. The fourth-order valence-corrected chi connectivity index (χ4v) is 10.6. The van der Waals surface area contributed by atoms with E-state index in [0.717, 1.165) is 30.9 Å². The van der Waals surface area contributed by atoms with Crippen molar-refractivity contribution in [3.8, 4) is 0 Å². The average molecular weight is 737 g/mol. The van der Waals surface area contributed by atoms with E-state index in [4.69, 9.17) is 0 Å². The van der Waals surface area contributed by atoms with Gasteiger partial charge in [0, 0.05) is 0 Å². The van der Waals surface area contributed by atoms with Gasteiger partial charge in [-0.25, -0.2) is 35.4 Å². The van der Waals surface area contributed by atoms with Gasteiger partial charge in [-0.3, -0.25) is 19.4 Å². The molecular weight excluding hydrogens is 701 g/mol. The van der Waals surface area contributed by atoms with Crippen molar-refractivity contribution in [2.75, 3.05) is 0 Å². The molecule has 2 unspecified atom stereocenters. The van der Waals surface area contributed by atoms with Crippen molar-refractivity contribution in [3.63, 3.8) is 0 Å². The third-order valence-electron chi connectivity index (χ3n) is 10.0. The number of unbranched alkanes of at least 4 members (excludes halogenated alkanes) is 1. The van der Waals surface area contributed by atoms with Gasteiger partial charge in [-0.05, 0) is 59.4 Å². The summed E-state index contributed by atoms with van der Waals surface area (Å²) in [6.07, 6.45) is 0.972. The van der Waals surface area contributed by atoms with Crippen LogP contribution in [0, 0.1) is 0 Å². The Hall–Kier alpha value is -5.34.